The Kier molecular flexibility index (Phi) is 11.5. The van der Waals surface area contributed by atoms with Crippen LogP contribution >= 0.6 is 0 Å². The summed E-state index contributed by atoms with van der Waals surface area (Å²) in [5, 5.41) is 12.0. The molecule has 0 atom stereocenters. The molecule has 0 saturated heterocycles. The molecule has 9 heavy (non-hydrogen) atoms. The minimum absolute atomic E-state index is 0.264. The van der Waals surface area contributed by atoms with Crippen LogP contribution in [0.5, 0.6) is 0 Å². The largest absolute Gasteiger partial charge is 0.462 e. The van der Waals surface area contributed by atoms with Gasteiger partial charge in [-0.25, -0.2) is 0 Å². The van der Waals surface area contributed by atoms with Crippen LogP contribution in [0, 0.1) is 10.8 Å². The van der Waals surface area contributed by atoms with E-state index >= 15 is 0 Å². The summed E-state index contributed by atoms with van der Waals surface area (Å²) in [4.78, 5) is 9.93. The zero-order valence-electron chi connectivity index (χ0n) is 5.20. The van der Waals surface area contributed by atoms with Crippen LogP contribution in [0.1, 0.15) is 6.92 Å². The van der Waals surface area contributed by atoms with Gasteiger partial charge in [-0.1, -0.05) is 12.7 Å². The Morgan fingerprint density at radius 2 is 2.22 bits per heavy atom. The van der Waals surface area contributed by atoms with E-state index in [-0.39, 0.29) is 5.97 Å². The average Bonchev–Trinajstić information content (AvgIpc) is 1.88. The molecule has 0 fully saturated rings. The summed E-state index contributed by atoms with van der Waals surface area (Å²) < 4.78 is 4.43. The van der Waals surface area contributed by atoms with Crippen molar-refractivity contribution in [2.45, 2.75) is 6.92 Å². The minimum Gasteiger partial charge on any atom is -0.462 e. The summed E-state index contributed by atoms with van der Waals surface area (Å²) in [5.74, 6) is -0.264. The molecule has 0 heterocycles. The summed E-state index contributed by atoms with van der Waals surface area (Å²) in [6, 6.07) is 0. The van der Waals surface area contributed by atoms with Crippen LogP contribution in [0.2, 0.25) is 0 Å². The number of nitrogens with zero attached hydrogens (tertiary/aromatic N) is 2. The number of esters is 1. The molecule has 0 amide bonds. The number of carbonyl (C=O) groups is 1. The average molecular weight is 128 g/mol. The first-order chi connectivity index (χ1) is 4.27. The van der Waals surface area contributed by atoms with Gasteiger partial charge in [0.15, 0.2) is 0 Å². The van der Waals surface area contributed by atoms with E-state index in [0.29, 0.717) is 6.61 Å². The van der Waals surface area contributed by atoms with Crippen LogP contribution in [0.25, 0.3) is 0 Å². The van der Waals surface area contributed by atoms with E-state index in [0.717, 1.165) is 0 Å². The quantitative estimate of drug-likeness (QED) is 0.312. The van der Waals surface area contributed by atoms with Crippen LogP contribution in [-0.2, 0) is 9.53 Å². The first-order valence-corrected chi connectivity index (χ1v) is 2.21. The van der Waals surface area contributed by atoms with E-state index in [1.54, 1.807) is 0 Å². The molecule has 4 heteroatoms. The first-order valence-electron chi connectivity index (χ1n) is 2.21. The molecular weight excluding hydrogens is 120 g/mol. The van der Waals surface area contributed by atoms with E-state index < -0.39 is 0 Å². The Bertz CT molecular complexity index is 109. The van der Waals surface area contributed by atoms with Gasteiger partial charge >= 0.3 is 5.97 Å². The molecule has 0 N–H and O–H groups in total. The van der Waals surface area contributed by atoms with Crippen molar-refractivity contribution in [2.75, 3.05) is 6.61 Å². The van der Waals surface area contributed by atoms with Crippen molar-refractivity contribution in [1.82, 2.24) is 0 Å². The molecule has 50 valence electrons. The molecule has 0 radical (unpaired) electrons. The van der Waals surface area contributed by atoms with Crippen molar-refractivity contribution in [2.24, 2.45) is 0 Å². The maximum absolute atomic E-state index is 9.93. The Morgan fingerprint density at radius 3 is 2.33 bits per heavy atom. The van der Waals surface area contributed by atoms with Crippen LogP contribution < -0.4 is 0 Å². The second-order valence-electron chi connectivity index (χ2n) is 1.09. The lowest BCUT2D eigenvalue weighted by molar-refractivity contribution is -0.139. The van der Waals surface area contributed by atoms with Crippen LogP contribution in [0.3, 0.4) is 0 Å². The highest BCUT2D eigenvalue weighted by Gasteiger charge is 1.83. The topological polar surface area (TPSA) is 73.9 Å². The molecule has 0 aromatic rings. The molecule has 0 aliphatic heterocycles. The standard InChI is InChI=1S/C5H8O2.N2/c1-3-4-7-5(2)6;1-2/h3H,1,4H2,2H3;. The number of rotatable bonds is 2. The van der Waals surface area contributed by atoms with E-state index in [9.17, 15) is 4.79 Å². The lowest BCUT2D eigenvalue weighted by Crippen LogP contribution is -1.96. The molecule has 4 nitrogen and oxygen atoms in total. The van der Waals surface area contributed by atoms with Crippen molar-refractivity contribution in [3.05, 3.63) is 12.7 Å². The van der Waals surface area contributed by atoms with Gasteiger partial charge in [0.2, 0.25) is 0 Å². The monoisotopic (exact) mass is 128 g/mol. The Labute approximate surface area is 53.5 Å². The predicted molar refractivity (Wildman–Crippen MR) is 30.3 cm³/mol. The molecule has 0 rings (SSSR count). The SMILES string of the molecule is C=CCOC(C)=O.N#N. The lowest BCUT2D eigenvalue weighted by atomic mass is 10.7. The number of hydrogen-bond acceptors (Lipinski definition) is 4. The normalized spacial score (nSPS) is 6.11. The van der Waals surface area contributed by atoms with Gasteiger partial charge in [0, 0.05) is 17.7 Å². The van der Waals surface area contributed by atoms with Gasteiger partial charge < -0.3 is 4.74 Å². The van der Waals surface area contributed by atoms with Gasteiger partial charge in [0.1, 0.15) is 6.61 Å². The smallest absolute Gasteiger partial charge is 0.302 e. The van der Waals surface area contributed by atoms with Crippen molar-refractivity contribution >= 4 is 5.97 Å². The second-order valence-corrected chi connectivity index (χ2v) is 1.09. The fourth-order valence-corrected chi connectivity index (χ4v) is 0.176. The molecule has 0 saturated carbocycles. The third-order valence-electron chi connectivity index (χ3n) is 0.404. The third-order valence-corrected chi connectivity index (χ3v) is 0.404. The van der Waals surface area contributed by atoms with Gasteiger partial charge in [-0.3, -0.25) is 4.79 Å². The zero-order chi connectivity index (χ0) is 7.70. The van der Waals surface area contributed by atoms with Gasteiger partial charge in [-0.15, -0.1) is 0 Å². The van der Waals surface area contributed by atoms with E-state index in [4.69, 9.17) is 10.8 Å². The highest BCUT2D eigenvalue weighted by atomic mass is 16.5. The van der Waals surface area contributed by atoms with Gasteiger partial charge in [-0.05, 0) is 0 Å². The van der Waals surface area contributed by atoms with Crippen molar-refractivity contribution < 1.29 is 9.53 Å². The first kappa shape index (κ1) is 10.6. The van der Waals surface area contributed by atoms with Gasteiger partial charge in [0.25, 0.3) is 0 Å². The Hall–Kier alpha value is -1.37. The Morgan fingerprint density at radius 1 is 1.78 bits per heavy atom. The van der Waals surface area contributed by atoms with Crippen molar-refractivity contribution in [3.63, 3.8) is 0 Å². The molecule has 0 aromatic carbocycles. The maximum Gasteiger partial charge on any atom is 0.302 e. The molecule has 0 spiro atoms. The lowest BCUT2D eigenvalue weighted by Gasteiger charge is -1.90. The zero-order valence-corrected chi connectivity index (χ0v) is 5.20. The van der Waals surface area contributed by atoms with E-state index in [1.807, 2.05) is 0 Å². The third kappa shape index (κ3) is 20.5. The van der Waals surface area contributed by atoms with Gasteiger partial charge in [-0.2, -0.15) is 0 Å². The van der Waals surface area contributed by atoms with Crippen LogP contribution in [0.15, 0.2) is 12.7 Å². The van der Waals surface area contributed by atoms with Crippen molar-refractivity contribution in [1.29, 1.82) is 10.8 Å². The molecule has 0 aliphatic rings. The molecule has 0 bridgehead atoms. The second kappa shape index (κ2) is 9.80. The molecule has 0 aliphatic carbocycles. The molecule has 0 aromatic heterocycles. The Balaban J connectivity index is 0. The summed E-state index contributed by atoms with van der Waals surface area (Å²) in [5.41, 5.74) is 0. The fraction of sp³-hybridized carbons (Fsp3) is 0.400. The van der Waals surface area contributed by atoms with E-state index in [2.05, 4.69) is 11.3 Å². The summed E-state index contributed by atoms with van der Waals surface area (Å²) in [7, 11) is 0. The number of hydrogen-bond donors (Lipinski definition) is 0. The summed E-state index contributed by atoms with van der Waals surface area (Å²) in [6.45, 7) is 5.03. The maximum atomic E-state index is 9.93. The highest BCUT2D eigenvalue weighted by Crippen LogP contribution is 1.73. The summed E-state index contributed by atoms with van der Waals surface area (Å²) >= 11 is 0. The molecule has 0 unspecified atom stereocenters. The summed E-state index contributed by atoms with van der Waals surface area (Å²) in [6.07, 6.45) is 1.53. The number of carbonyl (C=O) groups excluding carboxylic acids is 1. The fourth-order valence-electron chi connectivity index (χ4n) is 0.176. The van der Waals surface area contributed by atoms with Crippen LogP contribution in [-0.4, -0.2) is 12.6 Å². The molecular formula is C5H8N2O2. The van der Waals surface area contributed by atoms with E-state index in [1.165, 1.54) is 13.0 Å². The van der Waals surface area contributed by atoms with Gasteiger partial charge in [0.05, 0.1) is 0 Å². The predicted octanol–water partition coefficient (Wildman–Crippen LogP) is 0.766. The highest BCUT2D eigenvalue weighted by molar-refractivity contribution is 5.65. The van der Waals surface area contributed by atoms with Crippen LogP contribution in [0.4, 0.5) is 0 Å². The number of ether oxygens (including phenoxy) is 1. The van der Waals surface area contributed by atoms with Crippen molar-refractivity contribution in [3.8, 4) is 0 Å². The minimum atomic E-state index is -0.264.